The van der Waals surface area contributed by atoms with Crippen LogP contribution in [-0.4, -0.2) is 9.67 Å². The SMILES string of the molecule is Cc1cc(C)n(-c2cccc(O)c2)c1. The van der Waals surface area contributed by atoms with Crippen LogP contribution >= 0.6 is 0 Å². The maximum absolute atomic E-state index is 9.36. The van der Waals surface area contributed by atoms with E-state index in [2.05, 4.69) is 30.7 Å². The Labute approximate surface area is 83.4 Å². The van der Waals surface area contributed by atoms with E-state index in [4.69, 9.17) is 0 Å². The van der Waals surface area contributed by atoms with E-state index in [0.29, 0.717) is 5.75 Å². The summed E-state index contributed by atoms with van der Waals surface area (Å²) < 4.78 is 2.06. The molecule has 2 aromatic rings. The van der Waals surface area contributed by atoms with E-state index in [1.54, 1.807) is 12.1 Å². The van der Waals surface area contributed by atoms with Crippen molar-refractivity contribution in [3.63, 3.8) is 0 Å². The second-order valence-corrected chi connectivity index (χ2v) is 3.55. The van der Waals surface area contributed by atoms with Gasteiger partial charge in [0.2, 0.25) is 0 Å². The summed E-state index contributed by atoms with van der Waals surface area (Å²) in [7, 11) is 0. The summed E-state index contributed by atoms with van der Waals surface area (Å²) in [6.07, 6.45) is 2.06. The molecule has 14 heavy (non-hydrogen) atoms. The molecule has 0 radical (unpaired) electrons. The Morgan fingerprint density at radius 1 is 1.14 bits per heavy atom. The van der Waals surface area contributed by atoms with Crippen LogP contribution in [0.2, 0.25) is 0 Å². The lowest BCUT2D eigenvalue weighted by Crippen LogP contribution is -1.93. The van der Waals surface area contributed by atoms with Crippen molar-refractivity contribution in [3.05, 3.63) is 47.8 Å². The van der Waals surface area contributed by atoms with Gasteiger partial charge in [-0.3, -0.25) is 0 Å². The Morgan fingerprint density at radius 3 is 2.50 bits per heavy atom. The zero-order valence-corrected chi connectivity index (χ0v) is 8.36. The lowest BCUT2D eigenvalue weighted by Gasteiger charge is -2.05. The van der Waals surface area contributed by atoms with Crippen molar-refractivity contribution in [1.29, 1.82) is 0 Å². The highest BCUT2D eigenvalue weighted by molar-refractivity contribution is 5.41. The molecule has 1 heterocycles. The monoisotopic (exact) mass is 187 g/mol. The Morgan fingerprint density at radius 2 is 1.93 bits per heavy atom. The third-order valence-electron chi connectivity index (χ3n) is 2.26. The van der Waals surface area contributed by atoms with E-state index >= 15 is 0 Å². The number of aromatic hydroxyl groups is 1. The van der Waals surface area contributed by atoms with Gasteiger partial charge in [0, 0.05) is 23.6 Å². The number of benzene rings is 1. The zero-order valence-electron chi connectivity index (χ0n) is 8.36. The van der Waals surface area contributed by atoms with Gasteiger partial charge in [-0.05, 0) is 37.6 Å². The second kappa shape index (κ2) is 3.22. The van der Waals surface area contributed by atoms with Crippen LogP contribution < -0.4 is 0 Å². The molecule has 2 rings (SSSR count). The molecule has 0 fully saturated rings. The van der Waals surface area contributed by atoms with Crippen LogP contribution in [0.4, 0.5) is 0 Å². The summed E-state index contributed by atoms with van der Waals surface area (Å²) >= 11 is 0. The van der Waals surface area contributed by atoms with Gasteiger partial charge in [0.05, 0.1) is 0 Å². The van der Waals surface area contributed by atoms with E-state index in [-0.39, 0.29) is 0 Å². The largest absolute Gasteiger partial charge is 0.508 e. The number of phenols is 1. The summed E-state index contributed by atoms with van der Waals surface area (Å²) in [6, 6.07) is 9.37. The summed E-state index contributed by atoms with van der Waals surface area (Å²) in [6.45, 7) is 4.11. The van der Waals surface area contributed by atoms with E-state index in [1.807, 2.05) is 12.1 Å². The molecule has 72 valence electrons. The fraction of sp³-hybridized carbons (Fsp3) is 0.167. The first kappa shape index (κ1) is 8.88. The summed E-state index contributed by atoms with van der Waals surface area (Å²) in [5.41, 5.74) is 3.40. The molecule has 0 spiro atoms. The molecule has 0 amide bonds. The quantitative estimate of drug-likeness (QED) is 0.729. The van der Waals surface area contributed by atoms with E-state index in [1.165, 1.54) is 11.3 Å². The Balaban J connectivity index is 2.54. The molecule has 1 aromatic heterocycles. The van der Waals surface area contributed by atoms with Crippen LogP contribution in [0.3, 0.4) is 0 Å². The van der Waals surface area contributed by atoms with Crippen molar-refractivity contribution in [2.24, 2.45) is 0 Å². The number of phenolic OH excluding ortho intramolecular Hbond substituents is 1. The molecule has 0 aliphatic rings. The number of nitrogens with zero attached hydrogens (tertiary/aromatic N) is 1. The maximum atomic E-state index is 9.36. The van der Waals surface area contributed by atoms with Crippen LogP contribution in [0.15, 0.2) is 36.5 Å². The molecule has 0 saturated heterocycles. The highest BCUT2D eigenvalue weighted by atomic mass is 16.3. The van der Waals surface area contributed by atoms with Crippen LogP contribution in [0, 0.1) is 13.8 Å². The lowest BCUT2D eigenvalue weighted by atomic mass is 10.3. The normalized spacial score (nSPS) is 10.4. The van der Waals surface area contributed by atoms with Crippen LogP contribution in [0.25, 0.3) is 5.69 Å². The molecular formula is C12H13NO. The summed E-state index contributed by atoms with van der Waals surface area (Å²) in [5.74, 6) is 0.299. The number of aromatic nitrogens is 1. The zero-order chi connectivity index (χ0) is 10.1. The molecule has 0 unspecified atom stereocenters. The number of aryl methyl sites for hydroxylation is 2. The van der Waals surface area contributed by atoms with Gasteiger partial charge >= 0.3 is 0 Å². The van der Waals surface area contributed by atoms with E-state index in [9.17, 15) is 5.11 Å². The molecule has 0 saturated carbocycles. The number of rotatable bonds is 1. The molecule has 0 aliphatic carbocycles. The van der Waals surface area contributed by atoms with Crippen LogP contribution in [0.5, 0.6) is 5.75 Å². The van der Waals surface area contributed by atoms with Crippen molar-refractivity contribution < 1.29 is 5.11 Å². The molecule has 1 N–H and O–H groups in total. The predicted octanol–water partition coefficient (Wildman–Crippen LogP) is 2.80. The average Bonchev–Trinajstić information content (AvgIpc) is 2.45. The van der Waals surface area contributed by atoms with E-state index < -0.39 is 0 Å². The topological polar surface area (TPSA) is 25.2 Å². The third kappa shape index (κ3) is 1.51. The number of hydrogen-bond donors (Lipinski definition) is 1. The van der Waals surface area contributed by atoms with Crippen molar-refractivity contribution >= 4 is 0 Å². The Kier molecular flexibility index (Phi) is 2.04. The van der Waals surface area contributed by atoms with Gasteiger partial charge in [-0.2, -0.15) is 0 Å². The number of hydrogen-bond acceptors (Lipinski definition) is 1. The minimum atomic E-state index is 0.299. The van der Waals surface area contributed by atoms with Gasteiger partial charge in [-0.1, -0.05) is 6.07 Å². The van der Waals surface area contributed by atoms with Gasteiger partial charge in [-0.15, -0.1) is 0 Å². The highest BCUT2D eigenvalue weighted by Crippen LogP contribution is 2.18. The molecular weight excluding hydrogens is 174 g/mol. The van der Waals surface area contributed by atoms with Gasteiger partial charge in [-0.25, -0.2) is 0 Å². The smallest absolute Gasteiger partial charge is 0.117 e. The van der Waals surface area contributed by atoms with Gasteiger partial charge < -0.3 is 9.67 Å². The third-order valence-corrected chi connectivity index (χ3v) is 2.26. The van der Waals surface area contributed by atoms with Crippen molar-refractivity contribution in [2.45, 2.75) is 13.8 Å². The van der Waals surface area contributed by atoms with E-state index in [0.717, 1.165) is 5.69 Å². The van der Waals surface area contributed by atoms with Crippen LogP contribution in [-0.2, 0) is 0 Å². The summed E-state index contributed by atoms with van der Waals surface area (Å²) in [4.78, 5) is 0. The van der Waals surface area contributed by atoms with Crippen molar-refractivity contribution in [1.82, 2.24) is 4.57 Å². The lowest BCUT2D eigenvalue weighted by molar-refractivity contribution is 0.475. The molecule has 1 aromatic carbocycles. The minimum Gasteiger partial charge on any atom is -0.508 e. The fourth-order valence-corrected chi connectivity index (χ4v) is 1.66. The maximum Gasteiger partial charge on any atom is 0.117 e. The molecule has 0 bridgehead atoms. The van der Waals surface area contributed by atoms with Gasteiger partial charge in [0.25, 0.3) is 0 Å². The second-order valence-electron chi connectivity index (χ2n) is 3.55. The van der Waals surface area contributed by atoms with Crippen molar-refractivity contribution in [3.8, 4) is 11.4 Å². The Bertz CT molecular complexity index is 457. The predicted molar refractivity (Wildman–Crippen MR) is 56.9 cm³/mol. The fourth-order valence-electron chi connectivity index (χ4n) is 1.66. The molecule has 2 heteroatoms. The Hall–Kier alpha value is -1.70. The summed E-state index contributed by atoms with van der Waals surface area (Å²) in [5, 5.41) is 9.36. The van der Waals surface area contributed by atoms with Crippen LogP contribution in [0.1, 0.15) is 11.3 Å². The first-order chi connectivity index (χ1) is 6.66. The van der Waals surface area contributed by atoms with Gasteiger partial charge in [0.15, 0.2) is 0 Å². The van der Waals surface area contributed by atoms with Gasteiger partial charge in [0.1, 0.15) is 5.75 Å². The molecule has 2 nitrogen and oxygen atoms in total. The standard InChI is InChI=1S/C12H13NO/c1-9-6-10(2)13(8-9)11-4-3-5-12(14)7-11/h3-8,14H,1-2H3. The first-order valence-corrected chi connectivity index (χ1v) is 4.62. The molecule has 0 atom stereocenters. The highest BCUT2D eigenvalue weighted by Gasteiger charge is 2.01. The minimum absolute atomic E-state index is 0.299. The van der Waals surface area contributed by atoms with Crippen molar-refractivity contribution in [2.75, 3.05) is 0 Å². The first-order valence-electron chi connectivity index (χ1n) is 4.62. The molecule has 0 aliphatic heterocycles. The average molecular weight is 187 g/mol.